The Kier molecular flexibility index (Phi) is 1.65. The van der Waals surface area contributed by atoms with Gasteiger partial charge < -0.3 is 5.43 Å². The molecule has 0 saturated heterocycles. The predicted molar refractivity (Wildman–Crippen MR) is 36.8 cm³/mol. The number of aryl methyl sites for hydroxylation is 1. The van der Waals surface area contributed by atoms with E-state index in [1.54, 1.807) is 6.20 Å². The normalized spacial score (nSPS) is 9.11. The van der Waals surface area contributed by atoms with Crippen LogP contribution in [0.25, 0.3) is 0 Å². The first-order chi connectivity index (χ1) is 4.34. The Morgan fingerprint density at radius 1 is 1.67 bits per heavy atom. The van der Waals surface area contributed by atoms with Gasteiger partial charge in [-0.15, -0.1) is 0 Å². The maximum atomic E-state index is 5.16. The molecule has 3 N–H and O–H groups in total. The highest BCUT2D eigenvalue weighted by atomic mass is 15.2. The summed E-state index contributed by atoms with van der Waals surface area (Å²) in [5.74, 6) is 5.16. The van der Waals surface area contributed by atoms with Crippen LogP contribution >= 0.6 is 0 Å². The number of nitrogens with two attached hydrogens (primary N) is 1. The molecule has 1 rings (SSSR count). The van der Waals surface area contributed by atoms with E-state index in [9.17, 15) is 0 Å². The number of hydrogen-bond acceptors (Lipinski definition) is 3. The van der Waals surface area contributed by atoms with Crippen molar-refractivity contribution in [3.63, 3.8) is 0 Å². The number of nitrogen functional groups attached to an aromatic ring is 1. The Bertz CT molecular complexity index is 197. The number of hydrazine groups is 1. The Balaban J connectivity index is 3.01. The van der Waals surface area contributed by atoms with E-state index in [-0.39, 0.29) is 0 Å². The van der Waals surface area contributed by atoms with Crippen LogP contribution in [0.2, 0.25) is 0 Å². The van der Waals surface area contributed by atoms with Gasteiger partial charge in [0.05, 0.1) is 11.4 Å². The number of pyridine rings is 1. The van der Waals surface area contributed by atoms with Gasteiger partial charge in [0.1, 0.15) is 0 Å². The Morgan fingerprint density at radius 3 is 2.89 bits per heavy atom. The minimum absolute atomic E-state index is 0.873. The average molecular weight is 123 g/mol. The Hall–Kier alpha value is -1.09. The summed E-state index contributed by atoms with van der Waals surface area (Å²) in [6.45, 7) is 1.90. The number of anilines is 1. The van der Waals surface area contributed by atoms with Crippen LogP contribution in [0.5, 0.6) is 0 Å². The third-order valence-corrected chi connectivity index (χ3v) is 1.16. The van der Waals surface area contributed by atoms with Crippen LogP contribution in [-0.2, 0) is 0 Å². The molecule has 0 saturated carbocycles. The van der Waals surface area contributed by atoms with Gasteiger partial charge in [-0.05, 0) is 19.1 Å². The van der Waals surface area contributed by atoms with Crippen LogP contribution in [-0.4, -0.2) is 4.98 Å². The third kappa shape index (κ3) is 1.17. The fourth-order valence-electron chi connectivity index (χ4n) is 0.637. The second kappa shape index (κ2) is 2.46. The molecule has 48 valence electrons. The molecule has 3 nitrogen and oxygen atoms in total. The van der Waals surface area contributed by atoms with E-state index in [4.69, 9.17) is 5.84 Å². The van der Waals surface area contributed by atoms with Gasteiger partial charge >= 0.3 is 0 Å². The molecule has 0 radical (unpaired) electrons. The Labute approximate surface area is 53.9 Å². The standard InChI is InChI=1S/C6H9N3/c1-5-6(9-7)3-2-4-8-5/h2-4,9H,7H2,1H3. The van der Waals surface area contributed by atoms with E-state index < -0.39 is 0 Å². The van der Waals surface area contributed by atoms with Crippen molar-refractivity contribution in [2.24, 2.45) is 5.84 Å². The van der Waals surface area contributed by atoms with Crippen molar-refractivity contribution in [1.82, 2.24) is 4.98 Å². The molecule has 0 aliphatic heterocycles. The monoisotopic (exact) mass is 123 g/mol. The lowest BCUT2D eigenvalue weighted by molar-refractivity contribution is 1.17. The summed E-state index contributed by atoms with van der Waals surface area (Å²) in [7, 11) is 0. The zero-order chi connectivity index (χ0) is 6.69. The first-order valence-corrected chi connectivity index (χ1v) is 2.73. The quantitative estimate of drug-likeness (QED) is 0.426. The topological polar surface area (TPSA) is 50.9 Å². The SMILES string of the molecule is Cc1ncccc1NN. The molecule has 0 bridgehead atoms. The van der Waals surface area contributed by atoms with Crippen LogP contribution in [0.4, 0.5) is 5.69 Å². The van der Waals surface area contributed by atoms with Gasteiger partial charge in [-0.25, -0.2) is 0 Å². The van der Waals surface area contributed by atoms with Crippen LogP contribution in [0.15, 0.2) is 18.3 Å². The zero-order valence-corrected chi connectivity index (χ0v) is 5.26. The molecule has 0 unspecified atom stereocenters. The van der Waals surface area contributed by atoms with Crippen molar-refractivity contribution < 1.29 is 0 Å². The molecule has 0 amide bonds. The molecule has 1 aromatic rings. The predicted octanol–water partition coefficient (Wildman–Crippen LogP) is 0.676. The largest absolute Gasteiger partial charge is 0.322 e. The van der Waals surface area contributed by atoms with Gasteiger partial charge in [-0.3, -0.25) is 10.8 Å². The second-order valence-electron chi connectivity index (χ2n) is 1.78. The van der Waals surface area contributed by atoms with Crippen LogP contribution in [0.3, 0.4) is 0 Å². The number of aromatic nitrogens is 1. The minimum Gasteiger partial charge on any atom is -0.322 e. The first kappa shape index (κ1) is 6.04. The maximum Gasteiger partial charge on any atom is 0.0698 e. The molecule has 1 aromatic heterocycles. The van der Waals surface area contributed by atoms with Gasteiger partial charge in [-0.1, -0.05) is 0 Å². The van der Waals surface area contributed by atoms with Gasteiger partial charge in [0.2, 0.25) is 0 Å². The lowest BCUT2D eigenvalue weighted by Crippen LogP contribution is -2.08. The smallest absolute Gasteiger partial charge is 0.0698 e. The zero-order valence-electron chi connectivity index (χ0n) is 5.26. The summed E-state index contributed by atoms with van der Waals surface area (Å²) in [6.07, 6.45) is 1.73. The molecule has 0 spiro atoms. The summed E-state index contributed by atoms with van der Waals surface area (Å²) in [4.78, 5) is 4.01. The summed E-state index contributed by atoms with van der Waals surface area (Å²) in [5, 5.41) is 0. The number of rotatable bonds is 1. The summed E-state index contributed by atoms with van der Waals surface area (Å²) >= 11 is 0. The first-order valence-electron chi connectivity index (χ1n) is 2.73. The highest BCUT2D eigenvalue weighted by molar-refractivity contribution is 5.44. The average Bonchev–Trinajstić information content (AvgIpc) is 1.89. The third-order valence-electron chi connectivity index (χ3n) is 1.16. The van der Waals surface area contributed by atoms with E-state index in [1.807, 2.05) is 19.1 Å². The van der Waals surface area contributed by atoms with Gasteiger partial charge in [0.15, 0.2) is 0 Å². The van der Waals surface area contributed by atoms with Crippen LogP contribution in [0.1, 0.15) is 5.69 Å². The molecule has 0 aliphatic rings. The minimum atomic E-state index is 0.873. The van der Waals surface area contributed by atoms with Gasteiger partial charge in [-0.2, -0.15) is 0 Å². The van der Waals surface area contributed by atoms with Crippen LogP contribution in [0, 0.1) is 6.92 Å². The van der Waals surface area contributed by atoms with Crippen molar-refractivity contribution in [2.75, 3.05) is 5.43 Å². The Morgan fingerprint density at radius 2 is 2.44 bits per heavy atom. The molecule has 0 aromatic carbocycles. The molecule has 3 heteroatoms. The molecule has 0 aliphatic carbocycles. The fraction of sp³-hybridized carbons (Fsp3) is 0.167. The highest BCUT2D eigenvalue weighted by Crippen LogP contribution is 2.06. The van der Waals surface area contributed by atoms with Crippen molar-refractivity contribution in [3.05, 3.63) is 24.0 Å². The molecular weight excluding hydrogens is 114 g/mol. The van der Waals surface area contributed by atoms with Crippen molar-refractivity contribution in [3.8, 4) is 0 Å². The van der Waals surface area contributed by atoms with Crippen molar-refractivity contribution >= 4 is 5.69 Å². The fourth-order valence-corrected chi connectivity index (χ4v) is 0.637. The summed E-state index contributed by atoms with van der Waals surface area (Å²) in [5.41, 5.74) is 4.32. The summed E-state index contributed by atoms with van der Waals surface area (Å²) < 4.78 is 0. The van der Waals surface area contributed by atoms with E-state index in [0.29, 0.717) is 0 Å². The van der Waals surface area contributed by atoms with Gasteiger partial charge in [0.25, 0.3) is 0 Å². The van der Waals surface area contributed by atoms with Crippen molar-refractivity contribution in [1.29, 1.82) is 0 Å². The summed E-state index contributed by atoms with van der Waals surface area (Å²) in [6, 6.07) is 3.71. The van der Waals surface area contributed by atoms with Crippen LogP contribution < -0.4 is 11.3 Å². The van der Waals surface area contributed by atoms with E-state index in [1.165, 1.54) is 0 Å². The van der Waals surface area contributed by atoms with E-state index in [2.05, 4.69) is 10.4 Å². The molecule has 1 heterocycles. The number of nitrogens with zero attached hydrogens (tertiary/aromatic N) is 1. The van der Waals surface area contributed by atoms with E-state index >= 15 is 0 Å². The van der Waals surface area contributed by atoms with E-state index in [0.717, 1.165) is 11.4 Å². The second-order valence-corrected chi connectivity index (χ2v) is 1.78. The molecule has 9 heavy (non-hydrogen) atoms. The van der Waals surface area contributed by atoms with Gasteiger partial charge in [0, 0.05) is 6.20 Å². The lowest BCUT2D eigenvalue weighted by Gasteiger charge is -2.00. The maximum absolute atomic E-state index is 5.16. The number of hydrogen-bond donors (Lipinski definition) is 2. The molecule has 0 atom stereocenters. The highest BCUT2D eigenvalue weighted by Gasteiger charge is 1.90. The molecular formula is C6H9N3. The number of nitrogens with one attached hydrogen (secondary N) is 1. The lowest BCUT2D eigenvalue weighted by atomic mass is 10.3. The molecule has 0 fully saturated rings. The van der Waals surface area contributed by atoms with Crippen molar-refractivity contribution in [2.45, 2.75) is 6.92 Å².